The molecule has 1 saturated carbocycles. The molecule has 0 saturated heterocycles. The van der Waals surface area contributed by atoms with Crippen molar-refractivity contribution in [3.8, 4) is 0 Å². The molecule has 0 radical (unpaired) electrons. The summed E-state index contributed by atoms with van der Waals surface area (Å²) in [5.41, 5.74) is 1.00. The van der Waals surface area contributed by atoms with Crippen molar-refractivity contribution in [1.29, 1.82) is 0 Å². The lowest BCUT2D eigenvalue weighted by Gasteiger charge is -2.37. The summed E-state index contributed by atoms with van der Waals surface area (Å²) < 4.78 is 32.8. The van der Waals surface area contributed by atoms with Crippen LogP contribution in [-0.2, 0) is 40.4 Å². The third kappa shape index (κ3) is 13.4. The van der Waals surface area contributed by atoms with Crippen molar-refractivity contribution in [2.75, 3.05) is 14.1 Å². The molecule has 1 aliphatic carbocycles. The number of hydrogen-bond donors (Lipinski definition) is 4. The van der Waals surface area contributed by atoms with Gasteiger partial charge in [-0.15, -0.1) is 11.3 Å². The van der Waals surface area contributed by atoms with Crippen molar-refractivity contribution in [3.05, 3.63) is 52.0 Å². The number of hydrogen-bond acceptors (Lipinski definition) is 11. The molecule has 14 nitrogen and oxygen atoms in total. The van der Waals surface area contributed by atoms with Gasteiger partial charge in [-0.05, 0) is 56.0 Å². The van der Waals surface area contributed by atoms with Crippen LogP contribution in [0.1, 0.15) is 115 Å². The summed E-state index contributed by atoms with van der Waals surface area (Å²) in [5, 5.41) is 10.4. The monoisotopic (exact) mass is 818 g/mol. The number of esters is 1. The van der Waals surface area contributed by atoms with Gasteiger partial charge in [-0.25, -0.2) is 13.4 Å². The van der Waals surface area contributed by atoms with E-state index >= 15 is 0 Å². The molecule has 4 N–H and O–H groups in total. The molecule has 2 unspecified atom stereocenters. The molecule has 1 aromatic carbocycles. The molecule has 7 atom stereocenters. The van der Waals surface area contributed by atoms with Gasteiger partial charge >= 0.3 is 5.97 Å². The quantitative estimate of drug-likeness (QED) is 0.124. The average molecular weight is 819 g/mol. The first-order chi connectivity index (χ1) is 26.3. The summed E-state index contributed by atoms with van der Waals surface area (Å²) in [6.45, 7) is 14.6. The first-order valence-corrected chi connectivity index (χ1v) is 22.0. The molecule has 3 rings (SSSR count). The van der Waals surface area contributed by atoms with Crippen LogP contribution in [0.15, 0.2) is 35.7 Å². The van der Waals surface area contributed by atoms with Crippen molar-refractivity contribution in [1.82, 2.24) is 30.6 Å². The number of benzene rings is 1. The number of carbonyl (C=O) groups is 5. The first-order valence-electron chi connectivity index (χ1n) is 19.6. The Morgan fingerprint density at radius 3 is 2.11 bits per heavy atom. The molecule has 0 bridgehead atoms. The lowest BCUT2D eigenvalue weighted by Crippen LogP contribution is -2.57. The van der Waals surface area contributed by atoms with E-state index in [0.29, 0.717) is 30.7 Å². The van der Waals surface area contributed by atoms with Gasteiger partial charge < -0.3 is 25.6 Å². The fourth-order valence-electron chi connectivity index (χ4n) is 6.70. The number of amides is 4. The highest BCUT2D eigenvalue weighted by atomic mass is 32.2. The van der Waals surface area contributed by atoms with Crippen LogP contribution in [0.4, 0.5) is 0 Å². The Bertz CT molecular complexity index is 1750. The van der Waals surface area contributed by atoms with Gasteiger partial charge in [-0.3, -0.25) is 28.7 Å². The van der Waals surface area contributed by atoms with E-state index in [4.69, 9.17) is 4.74 Å². The van der Waals surface area contributed by atoms with E-state index in [1.54, 1.807) is 31.3 Å². The number of rotatable bonds is 22. The second-order valence-corrected chi connectivity index (χ2v) is 18.6. The molecular weight excluding hydrogens is 757 g/mol. The van der Waals surface area contributed by atoms with Crippen LogP contribution in [0.2, 0.25) is 0 Å². The van der Waals surface area contributed by atoms with Crippen molar-refractivity contribution >= 4 is 51.0 Å². The average Bonchev–Trinajstić information content (AvgIpc) is 3.89. The van der Waals surface area contributed by atoms with Crippen molar-refractivity contribution < 1.29 is 37.1 Å². The fraction of sp³-hybridized carbons (Fsp3) is 0.650. The third-order valence-corrected chi connectivity index (χ3v) is 13.2. The number of ether oxygens (including phenoxy) is 1. The predicted molar refractivity (Wildman–Crippen MR) is 217 cm³/mol. The Morgan fingerprint density at radius 2 is 1.57 bits per heavy atom. The minimum absolute atomic E-state index is 0.00568. The minimum atomic E-state index is -3.72. The number of nitrogens with one attached hydrogen (secondary N) is 4. The van der Waals surface area contributed by atoms with Crippen LogP contribution < -0.4 is 20.7 Å². The summed E-state index contributed by atoms with van der Waals surface area (Å²) in [6, 6.07) is 7.19. The van der Waals surface area contributed by atoms with Gasteiger partial charge in [0.2, 0.25) is 27.7 Å². The fourth-order valence-corrected chi connectivity index (χ4v) is 8.94. The maximum absolute atomic E-state index is 14.2. The third-order valence-electron chi connectivity index (χ3n) is 10.4. The van der Waals surface area contributed by atoms with E-state index in [2.05, 4.69) is 25.7 Å². The number of carbonyl (C=O) groups excluding carboxylic acids is 5. The molecular formula is C40H62N6O8S2. The highest BCUT2D eigenvalue weighted by Gasteiger charge is 2.39. The maximum atomic E-state index is 14.2. The molecule has 4 amide bonds. The van der Waals surface area contributed by atoms with E-state index in [0.717, 1.165) is 16.9 Å². The van der Waals surface area contributed by atoms with Gasteiger partial charge in [-0.1, -0.05) is 85.2 Å². The number of likely N-dealkylation sites (N-methyl/N-ethyl adjacent to an activating group) is 2. The van der Waals surface area contributed by atoms with Crippen LogP contribution in [0.3, 0.4) is 0 Å². The summed E-state index contributed by atoms with van der Waals surface area (Å²) >= 11 is 1.15. The molecule has 312 valence electrons. The van der Waals surface area contributed by atoms with Gasteiger partial charge in [0.05, 0.1) is 11.3 Å². The summed E-state index contributed by atoms with van der Waals surface area (Å²) in [6.07, 6.45) is 1.56. The van der Waals surface area contributed by atoms with Gasteiger partial charge in [-0.2, -0.15) is 0 Å². The predicted octanol–water partition coefficient (Wildman–Crippen LogP) is 4.37. The van der Waals surface area contributed by atoms with E-state index in [9.17, 15) is 32.4 Å². The van der Waals surface area contributed by atoms with E-state index in [1.165, 1.54) is 6.92 Å². The van der Waals surface area contributed by atoms with Crippen LogP contribution in [0.5, 0.6) is 0 Å². The Hall–Kier alpha value is -3.89. The smallest absolute Gasteiger partial charge is 0.303 e. The first kappa shape index (κ1) is 46.5. The van der Waals surface area contributed by atoms with E-state index in [-0.39, 0.29) is 48.1 Å². The van der Waals surface area contributed by atoms with Gasteiger partial charge in [0.15, 0.2) is 6.10 Å². The van der Waals surface area contributed by atoms with E-state index < -0.39 is 69.2 Å². The molecule has 1 aromatic heterocycles. The van der Waals surface area contributed by atoms with Crippen LogP contribution in [-0.4, -0.2) is 91.4 Å². The normalized spacial score (nSPS) is 16.9. The zero-order chi connectivity index (χ0) is 41.9. The molecule has 16 heteroatoms. The SMILES string of the molecule is CC[C@H](C)[C@H](NC(=O)C(NC)C(C)C)C(=O)N(C)C(C[C@@H](OC(C)=O)c1nc(C(=O)N[C@@H](Cc2ccccc2)C[C@H](C)C(=O)NS(=O)(=O)C2CC2)cs1)C(C)C. The van der Waals surface area contributed by atoms with E-state index in [1.807, 2.05) is 71.9 Å². The molecule has 0 aliphatic heterocycles. The highest BCUT2D eigenvalue weighted by molar-refractivity contribution is 7.90. The minimum Gasteiger partial charge on any atom is -0.455 e. The van der Waals surface area contributed by atoms with Gasteiger partial charge in [0.1, 0.15) is 16.7 Å². The largest absolute Gasteiger partial charge is 0.455 e. The Labute approximate surface area is 336 Å². The second-order valence-electron chi connectivity index (χ2n) is 15.8. The van der Waals surface area contributed by atoms with Crippen LogP contribution in [0.25, 0.3) is 0 Å². The zero-order valence-corrected chi connectivity index (χ0v) is 36.1. The molecule has 1 aliphatic rings. The Morgan fingerprint density at radius 1 is 0.929 bits per heavy atom. The van der Waals surface area contributed by atoms with Crippen molar-refractivity contribution in [2.45, 2.75) is 129 Å². The summed E-state index contributed by atoms with van der Waals surface area (Å²) in [4.78, 5) is 72.7. The van der Waals surface area contributed by atoms with Gasteiger partial charge in [0, 0.05) is 43.8 Å². The zero-order valence-electron chi connectivity index (χ0n) is 34.5. The lowest BCUT2D eigenvalue weighted by atomic mass is 9.92. The van der Waals surface area contributed by atoms with Crippen molar-refractivity contribution in [3.63, 3.8) is 0 Å². The lowest BCUT2D eigenvalue weighted by molar-refractivity contribution is -0.149. The number of aromatic nitrogens is 1. The highest BCUT2D eigenvalue weighted by Crippen LogP contribution is 2.31. The summed E-state index contributed by atoms with van der Waals surface area (Å²) in [7, 11) is -0.323. The second kappa shape index (κ2) is 21.0. The number of nitrogens with zero attached hydrogens (tertiary/aromatic N) is 2. The topological polar surface area (TPSA) is 193 Å². The summed E-state index contributed by atoms with van der Waals surface area (Å²) in [5.74, 6) is -3.16. The standard InChI is InChI=1S/C40H62N6O8S2/c1-11-25(6)35(44-38(50)34(41-9)24(4)5)40(51)46(10)32(23(2)3)21-33(54-27(8)47)39-43-31(22-55-39)37(49)42-29(20-28-15-13-12-14-16-28)19-26(7)36(48)45-56(52,53)30-17-18-30/h12-16,22-26,29-30,32-35,41H,11,17-21H2,1-10H3,(H,42,49)(H,44,50)(H,45,48)/t25-,26-,29+,32?,33+,34?,35-/m0/s1. The number of sulfonamides is 1. The van der Waals surface area contributed by atoms with Gasteiger partial charge in [0.25, 0.3) is 5.91 Å². The molecule has 1 fully saturated rings. The van der Waals surface area contributed by atoms with Crippen LogP contribution >= 0.6 is 11.3 Å². The molecule has 1 heterocycles. The van der Waals surface area contributed by atoms with Crippen LogP contribution in [0, 0.1) is 23.7 Å². The Kier molecular flexibility index (Phi) is 17.5. The molecule has 56 heavy (non-hydrogen) atoms. The maximum Gasteiger partial charge on any atom is 0.303 e. The van der Waals surface area contributed by atoms with Crippen molar-refractivity contribution in [2.24, 2.45) is 23.7 Å². The molecule has 0 spiro atoms. The number of thiazole rings is 1. The molecule has 2 aromatic rings. The Balaban J connectivity index is 1.83.